The number of rotatable bonds is 7. The van der Waals surface area contributed by atoms with Gasteiger partial charge in [0.05, 0.1) is 23.0 Å². The molecule has 0 spiro atoms. The van der Waals surface area contributed by atoms with Crippen LogP contribution in [0.5, 0.6) is 11.5 Å². The minimum Gasteiger partial charge on any atom is -0.454 e. The van der Waals surface area contributed by atoms with E-state index in [4.69, 9.17) is 25.5 Å². The van der Waals surface area contributed by atoms with Crippen molar-refractivity contribution in [1.82, 2.24) is 15.1 Å². The molecule has 1 atom stereocenters. The number of ether oxygens (including phenoxy) is 2. The maximum Gasteiger partial charge on any atom is 0.249 e. The first-order chi connectivity index (χ1) is 16.5. The van der Waals surface area contributed by atoms with Crippen LogP contribution in [0, 0.1) is 5.92 Å². The van der Waals surface area contributed by atoms with Crippen molar-refractivity contribution in [3.8, 4) is 23.0 Å². The first-order valence-electron chi connectivity index (χ1n) is 11.1. The van der Waals surface area contributed by atoms with Crippen LogP contribution in [0.4, 0.5) is 5.69 Å². The molecule has 2 aliphatic rings. The van der Waals surface area contributed by atoms with Crippen LogP contribution >= 0.6 is 11.6 Å². The highest BCUT2D eigenvalue weighted by Crippen LogP contribution is 2.37. The fourth-order valence-corrected chi connectivity index (χ4v) is 4.41. The zero-order chi connectivity index (χ0) is 23.7. The van der Waals surface area contributed by atoms with Gasteiger partial charge in [-0.3, -0.25) is 9.59 Å². The van der Waals surface area contributed by atoms with Gasteiger partial charge in [0.25, 0.3) is 0 Å². The van der Waals surface area contributed by atoms with E-state index in [0.29, 0.717) is 52.6 Å². The number of carbonyl (C=O) groups excluding carboxylic acids is 2. The Morgan fingerprint density at radius 3 is 2.82 bits per heavy atom. The van der Waals surface area contributed by atoms with Gasteiger partial charge in [0.1, 0.15) is 0 Å². The van der Waals surface area contributed by atoms with Gasteiger partial charge in [-0.2, -0.15) is 0 Å². The number of nitrogens with zero attached hydrogens (tertiary/aromatic N) is 4. The van der Waals surface area contributed by atoms with Gasteiger partial charge in [-0.25, -0.2) is 0 Å². The Morgan fingerprint density at radius 1 is 1.18 bits per heavy atom. The molecule has 2 amide bonds. The van der Waals surface area contributed by atoms with Crippen LogP contribution in [0.3, 0.4) is 0 Å². The number of amides is 2. The van der Waals surface area contributed by atoms with E-state index in [2.05, 4.69) is 10.2 Å². The van der Waals surface area contributed by atoms with Crippen molar-refractivity contribution in [2.75, 3.05) is 24.8 Å². The van der Waals surface area contributed by atoms with E-state index in [-0.39, 0.29) is 31.6 Å². The third-order valence-corrected chi connectivity index (χ3v) is 6.17. The van der Waals surface area contributed by atoms with Crippen LogP contribution in [-0.4, -0.2) is 46.8 Å². The zero-order valence-corrected chi connectivity index (χ0v) is 19.3. The highest BCUT2D eigenvalue weighted by molar-refractivity contribution is 6.33. The molecule has 34 heavy (non-hydrogen) atoms. The molecule has 2 aromatic carbocycles. The number of halogens is 1. The smallest absolute Gasteiger partial charge is 0.249 e. The number of anilines is 1. The highest BCUT2D eigenvalue weighted by Gasteiger charge is 2.38. The molecule has 176 valence electrons. The maximum absolute atomic E-state index is 13.4. The summed E-state index contributed by atoms with van der Waals surface area (Å²) in [4.78, 5) is 29.4. The molecule has 1 saturated heterocycles. The standard InChI is InChI=1S/C24H23ClN4O5/c1-2-9-28(13-21-26-27-23(34-21)17-5-3-4-6-18(17)25)24(31)15-10-22(30)29(12-15)16-7-8-19-20(11-16)33-14-32-19/h3-8,11,15H,2,9-10,12-14H2,1H3. The molecule has 3 aromatic rings. The summed E-state index contributed by atoms with van der Waals surface area (Å²) in [5.74, 6) is 1.17. The molecule has 1 fully saturated rings. The average Bonchev–Trinajstić information content (AvgIpc) is 3.58. The van der Waals surface area contributed by atoms with Gasteiger partial charge < -0.3 is 23.7 Å². The summed E-state index contributed by atoms with van der Waals surface area (Å²) in [6.07, 6.45) is 0.895. The fourth-order valence-electron chi connectivity index (χ4n) is 4.20. The van der Waals surface area contributed by atoms with E-state index >= 15 is 0 Å². The SMILES string of the molecule is CCCN(Cc1nnc(-c2ccccc2Cl)o1)C(=O)C1CC(=O)N(c2ccc3c(c2)OCO3)C1. The van der Waals surface area contributed by atoms with Crippen molar-refractivity contribution >= 4 is 29.1 Å². The summed E-state index contributed by atoms with van der Waals surface area (Å²) in [6.45, 7) is 3.12. The van der Waals surface area contributed by atoms with Gasteiger partial charge in [-0.15, -0.1) is 10.2 Å². The molecule has 0 bridgehead atoms. The third-order valence-electron chi connectivity index (χ3n) is 5.84. The summed E-state index contributed by atoms with van der Waals surface area (Å²) in [6, 6.07) is 12.5. The molecular weight excluding hydrogens is 460 g/mol. The van der Waals surface area contributed by atoms with E-state index in [0.717, 1.165) is 6.42 Å². The van der Waals surface area contributed by atoms with Crippen LogP contribution in [0.15, 0.2) is 46.9 Å². The first-order valence-corrected chi connectivity index (χ1v) is 11.5. The van der Waals surface area contributed by atoms with Crippen LogP contribution in [-0.2, 0) is 16.1 Å². The van der Waals surface area contributed by atoms with Gasteiger partial charge in [0, 0.05) is 31.3 Å². The predicted octanol–water partition coefficient (Wildman–Crippen LogP) is 3.91. The molecule has 0 N–H and O–H groups in total. The monoisotopic (exact) mass is 482 g/mol. The second-order valence-corrected chi connectivity index (χ2v) is 8.59. The Balaban J connectivity index is 1.29. The normalized spacial score (nSPS) is 16.8. The van der Waals surface area contributed by atoms with Crippen LogP contribution in [0.25, 0.3) is 11.5 Å². The predicted molar refractivity (Wildman–Crippen MR) is 123 cm³/mol. The number of carbonyl (C=O) groups is 2. The van der Waals surface area contributed by atoms with Gasteiger partial charge in [-0.05, 0) is 30.7 Å². The number of hydrogen-bond acceptors (Lipinski definition) is 7. The Morgan fingerprint density at radius 2 is 2.00 bits per heavy atom. The Hall–Kier alpha value is -3.59. The molecule has 5 rings (SSSR count). The second kappa shape index (κ2) is 9.34. The summed E-state index contributed by atoms with van der Waals surface area (Å²) in [5, 5.41) is 8.70. The zero-order valence-electron chi connectivity index (χ0n) is 18.6. The Bertz CT molecular complexity index is 1230. The van der Waals surface area contributed by atoms with Crippen LogP contribution in [0.2, 0.25) is 5.02 Å². The lowest BCUT2D eigenvalue weighted by Gasteiger charge is -2.24. The molecule has 1 aromatic heterocycles. The molecule has 0 radical (unpaired) electrons. The number of benzene rings is 2. The number of hydrogen-bond donors (Lipinski definition) is 0. The minimum atomic E-state index is -0.463. The quantitative estimate of drug-likeness (QED) is 0.503. The van der Waals surface area contributed by atoms with E-state index in [1.807, 2.05) is 19.1 Å². The topological polar surface area (TPSA) is 98.0 Å². The van der Waals surface area contributed by atoms with E-state index in [1.54, 1.807) is 40.1 Å². The Kier molecular flexibility index (Phi) is 6.10. The molecule has 0 aliphatic carbocycles. The van der Waals surface area contributed by atoms with E-state index < -0.39 is 5.92 Å². The summed E-state index contributed by atoms with van der Waals surface area (Å²) < 4.78 is 16.5. The minimum absolute atomic E-state index is 0.104. The summed E-state index contributed by atoms with van der Waals surface area (Å²) in [5.41, 5.74) is 1.32. The molecule has 10 heteroatoms. The van der Waals surface area contributed by atoms with Gasteiger partial charge in [0.15, 0.2) is 11.5 Å². The molecule has 2 aliphatic heterocycles. The van der Waals surface area contributed by atoms with Crippen molar-refractivity contribution in [3.63, 3.8) is 0 Å². The van der Waals surface area contributed by atoms with E-state index in [1.165, 1.54) is 0 Å². The summed E-state index contributed by atoms with van der Waals surface area (Å²) in [7, 11) is 0. The second-order valence-electron chi connectivity index (χ2n) is 8.18. The molecule has 9 nitrogen and oxygen atoms in total. The number of fused-ring (bicyclic) bond motifs is 1. The Labute approximate surface area is 201 Å². The van der Waals surface area contributed by atoms with Crippen LogP contribution in [0.1, 0.15) is 25.7 Å². The average molecular weight is 483 g/mol. The van der Waals surface area contributed by atoms with Crippen molar-refractivity contribution in [1.29, 1.82) is 0 Å². The first kappa shape index (κ1) is 22.2. The van der Waals surface area contributed by atoms with Gasteiger partial charge in [0.2, 0.25) is 30.4 Å². The molecular formula is C24H23ClN4O5. The van der Waals surface area contributed by atoms with Crippen molar-refractivity contribution in [2.24, 2.45) is 5.92 Å². The van der Waals surface area contributed by atoms with Crippen molar-refractivity contribution < 1.29 is 23.5 Å². The molecule has 3 heterocycles. The van der Waals surface area contributed by atoms with Gasteiger partial charge in [-0.1, -0.05) is 30.7 Å². The third kappa shape index (κ3) is 4.31. The van der Waals surface area contributed by atoms with Gasteiger partial charge >= 0.3 is 0 Å². The lowest BCUT2D eigenvalue weighted by molar-refractivity contribution is -0.136. The largest absolute Gasteiger partial charge is 0.454 e. The summed E-state index contributed by atoms with van der Waals surface area (Å²) >= 11 is 6.23. The van der Waals surface area contributed by atoms with Crippen molar-refractivity contribution in [2.45, 2.75) is 26.3 Å². The maximum atomic E-state index is 13.4. The number of aromatic nitrogens is 2. The molecule has 0 saturated carbocycles. The van der Waals surface area contributed by atoms with E-state index in [9.17, 15) is 9.59 Å². The lowest BCUT2D eigenvalue weighted by Crippen LogP contribution is -2.37. The highest BCUT2D eigenvalue weighted by atomic mass is 35.5. The lowest BCUT2D eigenvalue weighted by atomic mass is 10.1. The van der Waals surface area contributed by atoms with Crippen LogP contribution < -0.4 is 14.4 Å². The molecule has 1 unspecified atom stereocenters. The fraction of sp³-hybridized carbons (Fsp3) is 0.333. The van der Waals surface area contributed by atoms with Crippen molar-refractivity contribution in [3.05, 3.63) is 53.4 Å².